The number of likely N-dealkylation sites (N-methyl/N-ethyl adjacent to an activating group) is 1. The van der Waals surface area contributed by atoms with E-state index in [0.717, 1.165) is 31.8 Å². The average Bonchev–Trinajstić information content (AvgIpc) is 2.69. The zero-order valence-corrected chi connectivity index (χ0v) is 12.6. The molecule has 3 heteroatoms. The average molecular weight is 262 g/mol. The molecule has 1 atom stereocenters. The van der Waals surface area contributed by atoms with Crippen LogP contribution < -0.4 is 10.1 Å². The maximum absolute atomic E-state index is 6.00. The number of hydrogen-bond donors (Lipinski definition) is 1. The minimum Gasteiger partial charge on any atom is -0.488 e. The van der Waals surface area contributed by atoms with Crippen molar-refractivity contribution in [3.63, 3.8) is 0 Å². The van der Waals surface area contributed by atoms with Crippen molar-refractivity contribution in [2.45, 2.75) is 39.3 Å². The van der Waals surface area contributed by atoms with Crippen LogP contribution >= 0.6 is 0 Å². The van der Waals surface area contributed by atoms with E-state index in [1.54, 1.807) is 0 Å². The minimum absolute atomic E-state index is 0.306. The van der Waals surface area contributed by atoms with Gasteiger partial charge in [-0.05, 0) is 25.6 Å². The third-order valence-electron chi connectivity index (χ3n) is 3.52. The number of rotatable bonds is 6. The van der Waals surface area contributed by atoms with E-state index >= 15 is 0 Å². The van der Waals surface area contributed by atoms with Gasteiger partial charge in [-0.2, -0.15) is 0 Å². The predicted molar refractivity (Wildman–Crippen MR) is 79.9 cm³/mol. The predicted octanol–water partition coefficient (Wildman–Crippen LogP) is 2.23. The van der Waals surface area contributed by atoms with Gasteiger partial charge in [-0.3, -0.25) is 0 Å². The van der Waals surface area contributed by atoms with Crippen LogP contribution in [0, 0.1) is 6.92 Å². The van der Waals surface area contributed by atoms with E-state index in [1.165, 1.54) is 11.1 Å². The molecule has 3 nitrogen and oxygen atoms in total. The Balaban J connectivity index is 1.77. The number of aryl methyl sites for hydroxylation is 1. The normalized spacial score (nSPS) is 17.9. The fraction of sp³-hybridized carbons (Fsp3) is 0.625. The first-order chi connectivity index (χ1) is 9.04. The molecule has 0 saturated carbocycles. The van der Waals surface area contributed by atoms with Crippen LogP contribution in [-0.2, 0) is 6.42 Å². The molecule has 0 amide bonds. The summed E-state index contributed by atoms with van der Waals surface area (Å²) in [6, 6.07) is 7.03. The molecule has 1 aliphatic heterocycles. The number of hydrogen-bond acceptors (Lipinski definition) is 3. The zero-order chi connectivity index (χ0) is 13.8. The van der Waals surface area contributed by atoms with Gasteiger partial charge in [0.05, 0.1) is 0 Å². The summed E-state index contributed by atoms with van der Waals surface area (Å²) in [4.78, 5) is 2.35. The maximum atomic E-state index is 6.00. The lowest BCUT2D eigenvalue weighted by Crippen LogP contribution is -2.37. The lowest BCUT2D eigenvalue weighted by Gasteiger charge is -2.21. The molecule has 1 aromatic rings. The van der Waals surface area contributed by atoms with Gasteiger partial charge < -0.3 is 15.0 Å². The largest absolute Gasteiger partial charge is 0.488 e. The van der Waals surface area contributed by atoms with Crippen molar-refractivity contribution in [3.05, 3.63) is 29.3 Å². The highest BCUT2D eigenvalue weighted by Gasteiger charge is 2.23. The van der Waals surface area contributed by atoms with Gasteiger partial charge in [0.25, 0.3) is 0 Å². The zero-order valence-electron chi connectivity index (χ0n) is 12.6. The number of benzene rings is 1. The molecule has 1 aliphatic rings. The van der Waals surface area contributed by atoms with Gasteiger partial charge >= 0.3 is 0 Å². The topological polar surface area (TPSA) is 24.5 Å². The monoisotopic (exact) mass is 262 g/mol. The SMILES string of the molecule is Cc1ccc2c(c1)CC(CN(C)CCNC(C)C)O2. The Labute approximate surface area is 116 Å². The highest BCUT2D eigenvalue weighted by molar-refractivity contribution is 5.40. The molecule has 19 heavy (non-hydrogen) atoms. The minimum atomic E-state index is 0.306. The molecule has 0 aliphatic carbocycles. The van der Waals surface area contributed by atoms with Crippen molar-refractivity contribution in [2.24, 2.45) is 0 Å². The van der Waals surface area contributed by atoms with Crippen LogP contribution in [0.1, 0.15) is 25.0 Å². The van der Waals surface area contributed by atoms with Crippen molar-refractivity contribution >= 4 is 0 Å². The molecule has 1 aromatic carbocycles. The molecule has 0 radical (unpaired) electrons. The fourth-order valence-electron chi connectivity index (χ4n) is 2.53. The van der Waals surface area contributed by atoms with E-state index in [1.807, 2.05) is 0 Å². The van der Waals surface area contributed by atoms with Crippen molar-refractivity contribution in [3.8, 4) is 5.75 Å². The Kier molecular flexibility index (Phi) is 4.83. The van der Waals surface area contributed by atoms with E-state index < -0.39 is 0 Å². The molecule has 0 spiro atoms. The summed E-state index contributed by atoms with van der Waals surface area (Å²) in [5.74, 6) is 1.07. The molecule has 0 fully saturated rings. The second kappa shape index (κ2) is 6.40. The molecule has 0 aromatic heterocycles. The summed E-state index contributed by atoms with van der Waals surface area (Å²) < 4.78 is 6.00. The molecule has 0 bridgehead atoms. The third kappa shape index (κ3) is 4.22. The van der Waals surface area contributed by atoms with E-state index in [4.69, 9.17) is 4.74 Å². The van der Waals surface area contributed by atoms with Gasteiger partial charge in [-0.25, -0.2) is 0 Å². The summed E-state index contributed by atoms with van der Waals surface area (Å²) >= 11 is 0. The Bertz CT molecular complexity index is 417. The van der Waals surface area contributed by atoms with Crippen LogP contribution in [0.3, 0.4) is 0 Å². The van der Waals surface area contributed by atoms with Gasteiger partial charge in [0, 0.05) is 32.1 Å². The lowest BCUT2D eigenvalue weighted by atomic mass is 10.1. The van der Waals surface area contributed by atoms with E-state index in [2.05, 4.69) is 56.2 Å². The standard InChI is InChI=1S/C16H26N2O/c1-12(2)17-7-8-18(4)11-15-10-14-9-13(3)5-6-16(14)19-15/h5-6,9,12,15,17H,7-8,10-11H2,1-4H3. The van der Waals surface area contributed by atoms with Crippen LogP contribution in [0.25, 0.3) is 0 Å². The highest BCUT2D eigenvalue weighted by Crippen LogP contribution is 2.29. The quantitative estimate of drug-likeness (QED) is 0.851. The van der Waals surface area contributed by atoms with Crippen molar-refractivity contribution in [1.29, 1.82) is 0 Å². The third-order valence-corrected chi connectivity index (χ3v) is 3.52. The van der Waals surface area contributed by atoms with E-state index in [9.17, 15) is 0 Å². The molecule has 1 heterocycles. The molecule has 1 N–H and O–H groups in total. The molecule has 106 valence electrons. The smallest absolute Gasteiger partial charge is 0.123 e. The van der Waals surface area contributed by atoms with Crippen LogP contribution in [-0.4, -0.2) is 43.7 Å². The van der Waals surface area contributed by atoms with Crippen molar-refractivity contribution in [2.75, 3.05) is 26.7 Å². The van der Waals surface area contributed by atoms with Crippen molar-refractivity contribution < 1.29 is 4.74 Å². The van der Waals surface area contributed by atoms with Gasteiger partial charge in [0.2, 0.25) is 0 Å². The Morgan fingerprint density at radius 1 is 1.42 bits per heavy atom. The van der Waals surface area contributed by atoms with E-state index in [0.29, 0.717) is 12.1 Å². The van der Waals surface area contributed by atoms with Gasteiger partial charge in [-0.1, -0.05) is 31.5 Å². The van der Waals surface area contributed by atoms with Gasteiger partial charge in [0.1, 0.15) is 11.9 Å². The second-order valence-corrected chi connectivity index (χ2v) is 5.93. The highest BCUT2D eigenvalue weighted by atomic mass is 16.5. The summed E-state index contributed by atoms with van der Waals surface area (Å²) in [6.07, 6.45) is 1.35. The lowest BCUT2D eigenvalue weighted by molar-refractivity contribution is 0.168. The van der Waals surface area contributed by atoms with Crippen LogP contribution in [0.5, 0.6) is 5.75 Å². The Morgan fingerprint density at radius 3 is 2.95 bits per heavy atom. The number of nitrogens with one attached hydrogen (secondary N) is 1. The summed E-state index contributed by atoms with van der Waals surface area (Å²) in [6.45, 7) is 9.59. The fourth-order valence-corrected chi connectivity index (χ4v) is 2.53. The Morgan fingerprint density at radius 2 is 2.21 bits per heavy atom. The first kappa shape index (κ1) is 14.4. The molecular weight excluding hydrogens is 236 g/mol. The number of nitrogens with zero attached hydrogens (tertiary/aromatic N) is 1. The first-order valence-corrected chi connectivity index (χ1v) is 7.22. The molecule has 1 unspecified atom stereocenters. The van der Waals surface area contributed by atoms with E-state index in [-0.39, 0.29) is 0 Å². The number of fused-ring (bicyclic) bond motifs is 1. The summed E-state index contributed by atoms with van der Waals surface area (Å²) in [5.41, 5.74) is 2.68. The first-order valence-electron chi connectivity index (χ1n) is 7.22. The Hall–Kier alpha value is -1.06. The van der Waals surface area contributed by atoms with Crippen LogP contribution in [0.15, 0.2) is 18.2 Å². The van der Waals surface area contributed by atoms with Gasteiger partial charge in [0.15, 0.2) is 0 Å². The second-order valence-electron chi connectivity index (χ2n) is 5.93. The molecule has 0 saturated heterocycles. The van der Waals surface area contributed by atoms with Crippen LogP contribution in [0.4, 0.5) is 0 Å². The van der Waals surface area contributed by atoms with Crippen LogP contribution in [0.2, 0.25) is 0 Å². The summed E-state index contributed by atoms with van der Waals surface area (Å²) in [7, 11) is 2.17. The maximum Gasteiger partial charge on any atom is 0.123 e. The summed E-state index contributed by atoms with van der Waals surface area (Å²) in [5, 5.41) is 3.44. The van der Waals surface area contributed by atoms with Crippen molar-refractivity contribution in [1.82, 2.24) is 10.2 Å². The molecule has 2 rings (SSSR count). The molecular formula is C16H26N2O. The van der Waals surface area contributed by atoms with Gasteiger partial charge in [-0.15, -0.1) is 0 Å². The number of ether oxygens (including phenoxy) is 1.